The summed E-state index contributed by atoms with van der Waals surface area (Å²) in [4.78, 5) is 10.1. The van der Waals surface area contributed by atoms with Gasteiger partial charge in [0.2, 0.25) is 5.91 Å². The van der Waals surface area contributed by atoms with Gasteiger partial charge >= 0.3 is 0 Å². The quantitative estimate of drug-likeness (QED) is 0.459. The molecule has 0 aliphatic rings. The summed E-state index contributed by atoms with van der Waals surface area (Å²) >= 11 is 0. The van der Waals surface area contributed by atoms with E-state index in [0.717, 1.165) is 0 Å². The van der Waals surface area contributed by atoms with Gasteiger partial charge in [0.1, 0.15) is 0 Å². The number of carbonyl (C=O) groups excluding carboxylic acids is 1. The first-order valence-electron chi connectivity index (χ1n) is 2.11. The molecule has 0 radical (unpaired) electrons. The Hall–Kier alpha value is -0.870. The maximum absolute atomic E-state index is 10.1. The summed E-state index contributed by atoms with van der Waals surface area (Å²) in [5, 5.41) is 0. The maximum atomic E-state index is 10.1. The van der Waals surface area contributed by atoms with Crippen LogP contribution in [0.25, 0.3) is 0 Å². The van der Waals surface area contributed by atoms with E-state index in [-0.39, 0.29) is 18.2 Å². The van der Waals surface area contributed by atoms with Gasteiger partial charge < -0.3 is 18.0 Å². The van der Waals surface area contributed by atoms with Crippen molar-refractivity contribution < 1.29 is 4.79 Å². The highest BCUT2D eigenvalue weighted by Gasteiger charge is 1.90. The average molecular weight is 133 g/mol. The summed E-state index contributed by atoms with van der Waals surface area (Å²) in [6.07, 6.45) is 1.68. The van der Waals surface area contributed by atoms with Gasteiger partial charge in [0.05, 0.1) is 0 Å². The zero-order chi connectivity index (χ0) is 5.86. The highest BCUT2D eigenvalue weighted by molar-refractivity contribution is 5.91. The number of primary amides is 1. The van der Waals surface area contributed by atoms with Crippen LogP contribution in [-0.4, -0.2) is 5.91 Å². The molecule has 0 aliphatic carbocycles. The van der Waals surface area contributed by atoms with E-state index in [1.54, 1.807) is 19.9 Å². The second-order valence-corrected chi connectivity index (χ2v) is 1.34. The largest absolute Gasteiger partial charge is 0.366 e. The van der Waals surface area contributed by atoms with E-state index in [4.69, 9.17) is 5.73 Å². The molecule has 4 nitrogen and oxygen atoms in total. The standard InChI is InChI=1S/C5H9NO.2H3N/c1-3-4(2)5(6)7;;/h3H,1-2H3,(H2,6,7);2*1H3/b4-3+;;. The summed E-state index contributed by atoms with van der Waals surface area (Å²) in [7, 11) is 0. The number of nitrogens with two attached hydrogens (primary N) is 1. The van der Waals surface area contributed by atoms with Crippen LogP contribution < -0.4 is 18.0 Å². The van der Waals surface area contributed by atoms with Gasteiger partial charge in [0.15, 0.2) is 0 Å². The van der Waals surface area contributed by atoms with E-state index in [2.05, 4.69) is 0 Å². The van der Waals surface area contributed by atoms with Gasteiger partial charge in [-0.3, -0.25) is 4.79 Å². The fraction of sp³-hybridized carbons (Fsp3) is 0.400. The van der Waals surface area contributed by atoms with Gasteiger partial charge in [-0.25, -0.2) is 0 Å². The summed E-state index contributed by atoms with van der Waals surface area (Å²) in [6, 6.07) is 0. The normalized spacial score (nSPS) is 8.89. The Bertz CT molecular complexity index is 109. The van der Waals surface area contributed by atoms with Gasteiger partial charge in [-0.05, 0) is 13.8 Å². The molecule has 0 rings (SSSR count). The molecular formula is C5H15N3O. The molecule has 0 saturated heterocycles. The Balaban J connectivity index is -0.000000180. The summed E-state index contributed by atoms with van der Waals surface area (Å²) < 4.78 is 0. The number of rotatable bonds is 1. The fourth-order valence-electron chi connectivity index (χ4n) is 0.142. The molecular weight excluding hydrogens is 118 g/mol. The SMILES string of the molecule is C/C=C(\C)C(N)=O.N.N. The Morgan fingerprint density at radius 3 is 1.78 bits per heavy atom. The topological polar surface area (TPSA) is 113 Å². The zero-order valence-corrected chi connectivity index (χ0v) is 5.98. The Kier molecular flexibility index (Phi) is 12.4. The Morgan fingerprint density at radius 1 is 1.44 bits per heavy atom. The highest BCUT2D eigenvalue weighted by Crippen LogP contribution is 1.85. The van der Waals surface area contributed by atoms with Crippen LogP contribution in [0.1, 0.15) is 13.8 Å². The third kappa shape index (κ3) is 7.13. The summed E-state index contributed by atoms with van der Waals surface area (Å²) in [6.45, 7) is 3.46. The third-order valence-corrected chi connectivity index (χ3v) is 0.822. The molecule has 0 aromatic rings. The second-order valence-electron chi connectivity index (χ2n) is 1.34. The van der Waals surface area contributed by atoms with E-state index in [0.29, 0.717) is 5.57 Å². The van der Waals surface area contributed by atoms with Crippen LogP contribution in [0.2, 0.25) is 0 Å². The predicted octanol–water partition coefficient (Wildman–Crippen LogP) is 0.762. The number of hydrogen-bond acceptors (Lipinski definition) is 3. The van der Waals surface area contributed by atoms with E-state index in [1.807, 2.05) is 0 Å². The molecule has 0 bridgehead atoms. The van der Waals surface area contributed by atoms with Crippen molar-refractivity contribution in [3.63, 3.8) is 0 Å². The minimum Gasteiger partial charge on any atom is -0.366 e. The molecule has 0 heterocycles. The molecule has 0 saturated carbocycles. The zero-order valence-electron chi connectivity index (χ0n) is 5.98. The van der Waals surface area contributed by atoms with Gasteiger partial charge in [-0.1, -0.05) is 6.08 Å². The van der Waals surface area contributed by atoms with E-state index in [9.17, 15) is 4.79 Å². The van der Waals surface area contributed by atoms with Crippen LogP contribution in [0.15, 0.2) is 11.6 Å². The average Bonchev–Trinajstić information content (AvgIpc) is 1.65. The molecule has 9 heavy (non-hydrogen) atoms. The van der Waals surface area contributed by atoms with Crippen molar-refractivity contribution in [2.75, 3.05) is 0 Å². The fourth-order valence-corrected chi connectivity index (χ4v) is 0.142. The van der Waals surface area contributed by atoms with Crippen LogP contribution in [0, 0.1) is 0 Å². The summed E-state index contributed by atoms with van der Waals surface area (Å²) in [5.74, 6) is -0.345. The molecule has 0 aliphatic heterocycles. The Labute approximate surface area is 55.3 Å². The predicted molar refractivity (Wildman–Crippen MR) is 38.7 cm³/mol. The maximum Gasteiger partial charge on any atom is 0.243 e. The van der Waals surface area contributed by atoms with Crippen molar-refractivity contribution in [1.29, 1.82) is 0 Å². The van der Waals surface area contributed by atoms with Crippen LogP contribution >= 0.6 is 0 Å². The lowest BCUT2D eigenvalue weighted by Gasteiger charge is -1.85. The van der Waals surface area contributed by atoms with Crippen LogP contribution in [-0.2, 0) is 4.79 Å². The minimum atomic E-state index is -0.345. The van der Waals surface area contributed by atoms with Crippen molar-refractivity contribution in [3.8, 4) is 0 Å². The number of hydrogen-bond donors (Lipinski definition) is 3. The minimum absolute atomic E-state index is 0. The lowest BCUT2D eigenvalue weighted by molar-refractivity contribution is -0.114. The lowest BCUT2D eigenvalue weighted by atomic mass is 10.3. The number of allylic oxidation sites excluding steroid dienone is 1. The molecule has 0 fully saturated rings. The monoisotopic (exact) mass is 133 g/mol. The first-order chi connectivity index (χ1) is 3.18. The van der Waals surface area contributed by atoms with Gasteiger partial charge in [-0.15, -0.1) is 0 Å². The van der Waals surface area contributed by atoms with Gasteiger partial charge in [0.25, 0.3) is 0 Å². The van der Waals surface area contributed by atoms with Gasteiger partial charge in [-0.2, -0.15) is 0 Å². The molecule has 0 atom stereocenters. The van der Waals surface area contributed by atoms with Crippen LogP contribution in [0.3, 0.4) is 0 Å². The smallest absolute Gasteiger partial charge is 0.243 e. The second kappa shape index (κ2) is 7.13. The number of carbonyl (C=O) groups is 1. The molecule has 0 aromatic heterocycles. The van der Waals surface area contributed by atoms with Crippen molar-refractivity contribution >= 4 is 5.91 Å². The van der Waals surface area contributed by atoms with Crippen molar-refractivity contribution in [1.82, 2.24) is 12.3 Å². The molecule has 0 aromatic carbocycles. The molecule has 0 spiro atoms. The summed E-state index contributed by atoms with van der Waals surface area (Å²) in [5.41, 5.74) is 5.45. The van der Waals surface area contributed by atoms with Crippen LogP contribution in [0.4, 0.5) is 0 Å². The van der Waals surface area contributed by atoms with Crippen molar-refractivity contribution in [3.05, 3.63) is 11.6 Å². The van der Waals surface area contributed by atoms with Gasteiger partial charge in [0, 0.05) is 5.57 Å². The molecule has 56 valence electrons. The molecule has 8 N–H and O–H groups in total. The van der Waals surface area contributed by atoms with E-state index in [1.165, 1.54) is 0 Å². The third-order valence-electron chi connectivity index (χ3n) is 0.822. The first kappa shape index (κ1) is 15.7. The van der Waals surface area contributed by atoms with Crippen molar-refractivity contribution in [2.45, 2.75) is 13.8 Å². The highest BCUT2D eigenvalue weighted by atomic mass is 16.1. The van der Waals surface area contributed by atoms with Crippen LogP contribution in [0.5, 0.6) is 0 Å². The Morgan fingerprint density at radius 2 is 1.78 bits per heavy atom. The van der Waals surface area contributed by atoms with E-state index < -0.39 is 0 Å². The van der Waals surface area contributed by atoms with E-state index >= 15 is 0 Å². The molecule has 1 amide bonds. The molecule has 4 heteroatoms. The van der Waals surface area contributed by atoms with Crippen molar-refractivity contribution in [2.24, 2.45) is 5.73 Å². The first-order valence-corrected chi connectivity index (χ1v) is 2.11. The lowest BCUT2D eigenvalue weighted by Crippen LogP contribution is -2.10. The number of amides is 1. The molecule has 0 unspecified atom stereocenters.